The second-order valence-electron chi connectivity index (χ2n) is 13.8. The highest BCUT2D eigenvalue weighted by Crippen LogP contribution is 2.27. The molecule has 2 rings (SSSR count). The molecular formula is C36H51N3O6. The van der Waals surface area contributed by atoms with Gasteiger partial charge in [0.2, 0.25) is 11.8 Å². The van der Waals surface area contributed by atoms with Crippen molar-refractivity contribution in [2.45, 2.75) is 105 Å². The summed E-state index contributed by atoms with van der Waals surface area (Å²) >= 11 is 0. The lowest BCUT2D eigenvalue weighted by Gasteiger charge is -2.36. The van der Waals surface area contributed by atoms with E-state index in [1.54, 1.807) is 55.4 Å². The highest BCUT2D eigenvalue weighted by molar-refractivity contribution is 5.94. The van der Waals surface area contributed by atoms with Gasteiger partial charge in [-0.3, -0.25) is 9.59 Å². The molecule has 0 saturated carbocycles. The molecule has 2 aromatic carbocycles. The van der Waals surface area contributed by atoms with Gasteiger partial charge in [-0.05, 0) is 72.4 Å². The van der Waals surface area contributed by atoms with E-state index in [9.17, 15) is 19.2 Å². The SMILES string of the molecule is C=CCN(C(=O)C(NC(=O)OC(C)(C)C)C(C)C)C(C(=O)NC(Cc1ccccc1)C(=O)OC(C)(C)C)c1cc(C)cc(C)c1. The number of hydrogen-bond acceptors (Lipinski definition) is 6. The summed E-state index contributed by atoms with van der Waals surface area (Å²) in [6.45, 7) is 21.8. The molecule has 246 valence electrons. The molecule has 9 nitrogen and oxygen atoms in total. The number of nitrogens with zero attached hydrogens (tertiary/aromatic N) is 1. The van der Waals surface area contributed by atoms with Crippen molar-refractivity contribution in [2.24, 2.45) is 5.92 Å². The summed E-state index contributed by atoms with van der Waals surface area (Å²) in [5.74, 6) is -1.99. The van der Waals surface area contributed by atoms with Crippen LogP contribution < -0.4 is 10.6 Å². The van der Waals surface area contributed by atoms with Crippen LogP contribution in [-0.2, 0) is 30.3 Å². The minimum absolute atomic E-state index is 0.00107. The number of carbonyl (C=O) groups is 4. The van der Waals surface area contributed by atoms with Gasteiger partial charge in [-0.2, -0.15) is 0 Å². The second-order valence-corrected chi connectivity index (χ2v) is 13.8. The predicted molar refractivity (Wildman–Crippen MR) is 176 cm³/mol. The normalized spacial score (nSPS) is 13.7. The zero-order valence-corrected chi connectivity index (χ0v) is 28.5. The Morgan fingerprint density at radius 2 is 1.42 bits per heavy atom. The zero-order chi connectivity index (χ0) is 34.1. The average Bonchev–Trinajstić information content (AvgIpc) is 2.88. The first-order valence-electron chi connectivity index (χ1n) is 15.4. The molecule has 0 aliphatic carbocycles. The van der Waals surface area contributed by atoms with Crippen molar-refractivity contribution in [3.8, 4) is 0 Å². The zero-order valence-electron chi connectivity index (χ0n) is 28.5. The fraction of sp³-hybridized carbons (Fsp3) is 0.500. The van der Waals surface area contributed by atoms with Crippen molar-refractivity contribution in [3.63, 3.8) is 0 Å². The first-order valence-corrected chi connectivity index (χ1v) is 15.4. The lowest BCUT2D eigenvalue weighted by Crippen LogP contribution is -2.56. The number of aryl methyl sites for hydroxylation is 2. The summed E-state index contributed by atoms with van der Waals surface area (Å²) in [5.41, 5.74) is 1.63. The third kappa shape index (κ3) is 12.0. The topological polar surface area (TPSA) is 114 Å². The average molecular weight is 622 g/mol. The van der Waals surface area contributed by atoms with Crippen LogP contribution in [0.4, 0.5) is 4.79 Å². The summed E-state index contributed by atoms with van der Waals surface area (Å²) in [5, 5.41) is 5.61. The Balaban J connectivity index is 2.62. The number of nitrogens with one attached hydrogen (secondary N) is 2. The number of carbonyl (C=O) groups excluding carboxylic acids is 4. The first-order chi connectivity index (χ1) is 20.8. The van der Waals surface area contributed by atoms with Crippen LogP contribution in [0.3, 0.4) is 0 Å². The molecule has 0 aromatic heterocycles. The molecule has 0 aliphatic rings. The van der Waals surface area contributed by atoms with Crippen LogP contribution in [0, 0.1) is 19.8 Å². The van der Waals surface area contributed by atoms with Crippen LogP contribution in [-0.4, -0.2) is 58.6 Å². The van der Waals surface area contributed by atoms with Crippen molar-refractivity contribution in [1.29, 1.82) is 0 Å². The monoisotopic (exact) mass is 621 g/mol. The predicted octanol–water partition coefficient (Wildman–Crippen LogP) is 5.98. The van der Waals surface area contributed by atoms with E-state index in [2.05, 4.69) is 17.2 Å². The van der Waals surface area contributed by atoms with Crippen LogP contribution in [0.1, 0.15) is 83.7 Å². The van der Waals surface area contributed by atoms with E-state index < -0.39 is 53.2 Å². The van der Waals surface area contributed by atoms with Gasteiger partial charge in [0.25, 0.3) is 0 Å². The summed E-state index contributed by atoms with van der Waals surface area (Å²) in [7, 11) is 0. The number of alkyl carbamates (subject to hydrolysis) is 1. The lowest BCUT2D eigenvalue weighted by atomic mass is 9.96. The Kier molecular flexibility index (Phi) is 13.0. The van der Waals surface area contributed by atoms with Crippen LogP contribution in [0.25, 0.3) is 0 Å². The van der Waals surface area contributed by atoms with E-state index in [1.807, 2.05) is 62.4 Å². The molecule has 0 bridgehead atoms. The van der Waals surface area contributed by atoms with Gasteiger partial charge < -0.3 is 25.0 Å². The van der Waals surface area contributed by atoms with Gasteiger partial charge in [-0.15, -0.1) is 6.58 Å². The molecule has 0 aliphatic heterocycles. The number of amides is 3. The molecule has 0 heterocycles. The maximum absolute atomic E-state index is 14.4. The highest BCUT2D eigenvalue weighted by atomic mass is 16.6. The second kappa shape index (κ2) is 15.7. The molecule has 9 heteroatoms. The molecule has 3 amide bonds. The Labute approximate surface area is 268 Å². The fourth-order valence-electron chi connectivity index (χ4n) is 4.90. The molecule has 0 saturated heterocycles. The standard InChI is InChI=1S/C36H51N3O6/c1-12-18-39(32(41)29(23(2)3)38-34(43)45-36(9,10)11)30(27-20-24(4)19-25(5)21-27)31(40)37-28(33(42)44-35(6,7)8)22-26-16-14-13-15-17-26/h12-17,19-21,23,28-30H,1,18,22H2,2-11H3,(H,37,40)(H,38,43). The summed E-state index contributed by atoms with van der Waals surface area (Å²) in [4.78, 5) is 56.3. The van der Waals surface area contributed by atoms with Crippen LogP contribution in [0.15, 0.2) is 61.2 Å². The van der Waals surface area contributed by atoms with Crippen molar-refractivity contribution in [1.82, 2.24) is 15.5 Å². The first kappa shape index (κ1) is 37.0. The van der Waals surface area contributed by atoms with Gasteiger partial charge in [-0.25, -0.2) is 9.59 Å². The molecule has 0 radical (unpaired) electrons. The van der Waals surface area contributed by atoms with E-state index >= 15 is 0 Å². The molecule has 3 atom stereocenters. The van der Waals surface area contributed by atoms with Gasteiger partial charge >= 0.3 is 12.1 Å². The Morgan fingerprint density at radius 1 is 0.867 bits per heavy atom. The lowest BCUT2D eigenvalue weighted by molar-refractivity contribution is -0.159. The summed E-state index contributed by atoms with van der Waals surface area (Å²) in [6, 6.07) is 11.8. The smallest absolute Gasteiger partial charge is 0.408 e. The molecule has 3 unspecified atom stereocenters. The number of ether oxygens (including phenoxy) is 2. The largest absolute Gasteiger partial charge is 0.458 e. The van der Waals surface area contributed by atoms with E-state index in [4.69, 9.17) is 9.47 Å². The third-order valence-corrected chi connectivity index (χ3v) is 6.62. The summed E-state index contributed by atoms with van der Waals surface area (Å²) < 4.78 is 11.1. The minimum Gasteiger partial charge on any atom is -0.458 e. The number of benzene rings is 2. The fourth-order valence-corrected chi connectivity index (χ4v) is 4.90. The Morgan fingerprint density at radius 3 is 1.91 bits per heavy atom. The Bertz CT molecular complexity index is 1320. The molecular weight excluding hydrogens is 570 g/mol. The van der Waals surface area contributed by atoms with Crippen LogP contribution >= 0.6 is 0 Å². The van der Waals surface area contributed by atoms with Crippen molar-refractivity contribution < 1.29 is 28.7 Å². The molecule has 2 N–H and O–H groups in total. The third-order valence-electron chi connectivity index (χ3n) is 6.62. The molecule has 2 aromatic rings. The highest BCUT2D eigenvalue weighted by Gasteiger charge is 2.39. The van der Waals surface area contributed by atoms with E-state index in [1.165, 1.54) is 11.0 Å². The maximum Gasteiger partial charge on any atom is 0.408 e. The van der Waals surface area contributed by atoms with Crippen molar-refractivity contribution >= 4 is 23.9 Å². The van der Waals surface area contributed by atoms with E-state index in [-0.39, 0.29) is 18.9 Å². The van der Waals surface area contributed by atoms with Crippen LogP contribution in [0.5, 0.6) is 0 Å². The number of esters is 1. The van der Waals surface area contributed by atoms with Gasteiger partial charge in [0, 0.05) is 13.0 Å². The van der Waals surface area contributed by atoms with Gasteiger partial charge in [0.15, 0.2) is 0 Å². The molecule has 45 heavy (non-hydrogen) atoms. The minimum atomic E-state index is -1.16. The van der Waals surface area contributed by atoms with Crippen molar-refractivity contribution in [3.05, 3.63) is 83.4 Å². The molecule has 0 spiro atoms. The van der Waals surface area contributed by atoms with Gasteiger partial charge in [-0.1, -0.05) is 79.6 Å². The number of rotatable bonds is 12. The summed E-state index contributed by atoms with van der Waals surface area (Å²) in [6.07, 6.45) is 0.972. The van der Waals surface area contributed by atoms with Gasteiger partial charge in [0.05, 0.1) is 0 Å². The van der Waals surface area contributed by atoms with Gasteiger partial charge in [0.1, 0.15) is 29.3 Å². The van der Waals surface area contributed by atoms with Crippen LogP contribution in [0.2, 0.25) is 0 Å². The Hall–Kier alpha value is -4.14. The van der Waals surface area contributed by atoms with Crippen molar-refractivity contribution in [2.75, 3.05) is 6.54 Å². The van der Waals surface area contributed by atoms with E-state index in [0.29, 0.717) is 5.56 Å². The number of hydrogen-bond donors (Lipinski definition) is 2. The maximum atomic E-state index is 14.4. The quantitative estimate of drug-likeness (QED) is 0.223. The van der Waals surface area contributed by atoms with E-state index in [0.717, 1.165) is 16.7 Å². The molecule has 0 fully saturated rings.